The number of nitriles is 1. The van der Waals surface area contributed by atoms with Gasteiger partial charge in [0.15, 0.2) is 17.5 Å². The minimum Gasteiger partial charge on any atom is -0.384 e. The molecule has 132 valence electrons. The fraction of sp³-hybridized carbons (Fsp3) is 0.471. The molecular weight excluding hydrogens is 330 g/mol. The fourth-order valence-electron chi connectivity index (χ4n) is 2.89. The van der Waals surface area contributed by atoms with Crippen LogP contribution in [-0.4, -0.2) is 41.7 Å². The van der Waals surface area contributed by atoms with E-state index in [2.05, 4.69) is 16.2 Å². The molecule has 6 nitrogen and oxygen atoms in total. The molecule has 0 radical (unpaired) electrons. The lowest BCUT2D eigenvalue weighted by atomic mass is 9.81. The molecule has 0 N–H and O–H groups in total. The van der Waals surface area contributed by atoms with Crippen molar-refractivity contribution in [2.24, 2.45) is 0 Å². The molecule has 0 amide bonds. The number of rotatable bonds is 5. The standard InChI is InChI=1S/C17H18F2N4O2/c1-24-7-4-15-21-16(17(11-20)5-8-25-9-6-17)23(22-15)14-3-2-12(18)10-13(14)19/h2-3,10H,4-9H2,1H3. The Morgan fingerprint density at radius 3 is 2.76 bits per heavy atom. The summed E-state index contributed by atoms with van der Waals surface area (Å²) < 4.78 is 39.3. The predicted octanol–water partition coefficient (Wildman–Crippen LogP) is 2.31. The first-order valence-corrected chi connectivity index (χ1v) is 7.99. The van der Waals surface area contributed by atoms with Gasteiger partial charge in [-0.05, 0) is 25.0 Å². The molecule has 1 aliphatic rings. The van der Waals surface area contributed by atoms with Gasteiger partial charge in [-0.3, -0.25) is 0 Å². The smallest absolute Gasteiger partial charge is 0.153 e. The second-order valence-electron chi connectivity index (χ2n) is 5.91. The van der Waals surface area contributed by atoms with Crippen molar-refractivity contribution >= 4 is 0 Å². The van der Waals surface area contributed by atoms with Crippen LogP contribution in [0.15, 0.2) is 18.2 Å². The van der Waals surface area contributed by atoms with Crippen LogP contribution < -0.4 is 0 Å². The summed E-state index contributed by atoms with van der Waals surface area (Å²) in [5, 5.41) is 14.1. The lowest BCUT2D eigenvalue weighted by Gasteiger charge is -2.29. The van der Waals surface area contributed by atoms with Gasteiger partial charge in [-0.15, -0.1) is 0 Å². The Morgan fingerprint density at radius 1 is 1.36 bits per heavy atom. The number of ether oxygens (including phenoxy) is 2. The number of methoxy groups -OCH3 is 1. The topological polar surface area (TPSA) is 73.0 Å². The Labute approximate surface area is 144 Å². The summed E-state index contributed by atoms with van der Waals surface area (Å²) in [7, 11) is 1.56. The van der Waals surface area contributed by atoms with Gasteiger partial charge in [0, 0.05) is 32.8 Å². The van der Waals surface area contributed by atoms with E-state index < -0.39 is 17.0 Å². The molecule has 3 rings (SSSR count). The van der Waals surface area contributed by atoms with Crippen LogP contribution >= 0.6 is 0 Å². The summed E-state index contributed by atoms with van der Waals surface area (Å²) >= 11 is 0. The lowest BCUT2D eigenvalue weighted by Crippen LogP contribution is -2.35. The summed E-state index contributed by atoms with van der Waals surface area (Å²) in [4.78, 5) is 4.49. The van der Waals surface area contributed by atoms with Crippen molar-refractivity contribution in [3.63, 3.8) is 0 Å². The van der Waals surface area contributed by atoms with Crippen LogP contribution in [0.1, 0.15) is 24.5 Å². The largest absolute Gasteiger partial charge is 0.384 e. The molecule has 1 fully saturated rings. The van der Waals surface area contributed by atoms with E-state index in [9.17, 15) is 14.0 Å². The molecule has 0 unspecified atom stereocenters. The Kier molecular flexibility index (Phi) is 5.06. The Balaban J connectivity index is 2.12. The van der Waals surface area contributed by atoms with Crippen molar-refractivity contribution in [1.29, 1.82) is 5.26 Å². The second kappa shape index (κ2) is 7.25. The summed E-state index contributed by atoms with van der Waals surface area (Å²) in [6.07, 6.45) is 1.31. The molecule has 1 saturated heterocycles. The van der Waals surface area contributed by atoms with Gasteiger partial charge >= 0.3 is 0 Å². The zero-order valence-electron chi connectivity index (χ0n) is 13.8. The van der Waals surface area contributed by atoms with Crippen molar-refractivity contribution in [1.82, 2.24) is 14.8 Å². The summed E-state index contributed by atoms with van der Waals surface area (Å²) in [6, 6.07) is 5.56. The van der Waals surface area contributed by atoms with Crippen molar-refractivity contribution in [2.45, 2.75) is 24.7 Å². The van der Waals surface area contributed by atoms with E-state index in [0.717, 1.165) is 12.1 Å². The van der Waals surface area contributed by atoms with Crippen molar-refractivity contribution in [3.05, 3.63) is 41.5 Å². The molecule has 8 heteroatoms. The Bertz CT molecular complexity index is 794. The van der Waals surface area contributed by atoms with Gasteiger partial charge in [0.05, 0.1) is 12.7 Å². The van der Waals surface area contributed by atoms with Crippen LogP contribution in [0, 0.1) is 23.0 Å². The highest BCUT2D eigenvalue weighted by Crippen LogP contribution is 2.34. The molecule has 0 saturated carbocycles. The third-order valence-corrected chi connectivity index (χ3v) is 4.31. The van der Waals surface area contributed by atoms with E-state index in [1.165, 1.54) is 10.7 Å². The van der Waals surface area contributed by atoms with E-state index in [1.54, 1.807) is 7.11 Å². The van der Waals surface area contributed by atoms with Gasteiger partial charge in [-0.1, -0.05) is 0 Å². The predicted molar refractivity (Wildman–Crippen MR) is 84.2 cm³/mol. The van der Waals surface area contributed by atoms with E-state index in [4.69, 9.17) is 9.47 Å². The summed E-state index contributed by atoms with van der Waals surface area (Å²) in [5.41, 5.74) is -0.856. The van der Waals surface area contributed by atoms with Gasteiger partial charge in [0.25, 0.3) is 0 Å². The molecule has 0 aliphatic carbocycles. The third kappa shape index (κ3) is 3.38. The molecule has 0 spiro atoms. The number of halogens is 2. The zero-order valence-corrected chi connectivity index (χ0v) is 13.8. The quantitative estimate of drug-likeness (QED) is 0.829. The van der Waals surface area contributed by atoms with Gasteiger partial charge in [0.2, 0.25) is 0 Å². The average Bonchev–Trinajstić information content (AvgIpc) is 3.05. The first kappa shape index (κ1) is 17.5. The summed E-state index contributed by atoms with van der Waals surface area (Å²) in [5.74, 6) is -0.634. The fourth-order valence-corrected chi connectivity index (χ4v) is 2.89. The highest BCUT2D eigenvalue weighted by Gasteiger charge is 2.40. The van der Waals surface area contributed by atoms with E-state index in [0.29, 0.717) is 50.7 Å². The zero-order chi connectivity index (χ0) is 17.9. The third-order valence-electron chi connectivity index (χ3n) is 4.31. The van der Waals surface area contributed by atoms with E-state index in [1.807, 2.05) is 0 Å². The van der Waals surface area contributed by atoms with Crippen molar-refractivity contribution in [2.75, 3.05) is 26.9 Å². The van der Waals surface area contributed by atoms with Crippen molar-refractivity contribution < 1.29 is 18.3 Å². The molecule has 0 bridgehead atoms. The number of nitrogens with zero attached hydrogens (tertiary/aromatic N) is 4. The van der Waals surface area contributed by atoms with Gasteiger partial charge in [-0.25, -0.2) is 18.4 Å². The van der Waals surface area contributed by atoms with Crippen LogP contribution in [0.3, 0.4) is 0 Å². The normalized spacial score (nSPS) is 16.6. The first-order chi connectivity index (χ1) is 12.1. The number of aromatic nitrogens is 3. The Hall–Kier alpha value is -2.37. The van der Waals surface area contributed by atoms with Gasteiger partial charge < -0.3 is 9.47 Å². The highest BCUT2D eigenvalue weighted by atomic mass is 19.1. The highest BCUT2D eigenvalue weighted by molar-refractivity contribution is 5.37. The molecule has 1 aromatic carbocycles. The maximum Gasteiger partial charge on any atom is 0.153 e. The number of hydrogen-bond acceptors (Lipinski definition) is 5. The molecule has 25 heavy (non-hydrogen) atoms. The van der Waals surface area contributed by atoms with Crippen LogP contribution in [0.5, 0.6) is 0 Å². The van der Waals surface area contributed by atoms with Crippen LogP contribution in [-0.2, 0) is 21.3 Å². The maximum atomic E-state index is 14.3. The molecular formula is C17H18F2N4O2. The number of benzene rings is 1. The monoisotopic (exact) mass is 348 g/mol. The minimum absolute atomic E-state index is 0.0636. The van der Waals surface area contributed by atoms with Crippen LogP contribution in [0.2, 0.25) is 0 Å². The van der Waals surface area contributed by atoms with Crippen molar-refractivity contribution in [3.8, 4) is 11.8 Å². The average molecular weight is 348 g/mol. The molecule has 2 aromatic rings. The summed E-state index contributed by atoms with van der Waals surface area (Å²) in [6.45, 7) is 1.23. The van der Waals surface area contributed by atoms with Gasteiger partial charge in [0.1, 0.15) is 16.9 Å². The first-order valence-electron chi connectivity index (χ1n) is 7.99. The molecule has 2 heterocycles. The molecule has 1 aliphatic heterocycles. The van der Waals surface area contributed by atoms with Crippen LogP contribution in [0.25, 0.3) is 5.69 Å². The maximum absolute atomic E-state index is 14.3. The lowest BCUT2D eigenvalue weighted by molar-refractivity contribution is 0.0644. The van der Waals surface area contributed by atoms with E-state index in [-0.39, 0.29) is 5.69 Å². The number of hydrogen-bond donors (Lipinski definition) is 0. The minimum atomic E-state index is -0.919. The SMILES string of the molecule is COCCc1nc(C2(C#N)CCOCC2)n(-c2ccc(F)cc2F)n1. The van der Waals surface area contributed by atoms with Crippen LogP contribution in [0.4, 0.5) is 8.78 Å². The molecule has 1 aromatic heterocycles. The Morgan fingerprint density at radius 2 is 2.12 bits per heavy atom. The van der Waals surface area contributed by atoms with E-state index >= 15 is 0 Å². The molecule has 0 atom stereocenters. The second-order valence-corrected chi connectivity index (χ2v) is 5.91. The van der Waals surface area contributed by atoms with Gasteiger partial charge in [-0.2, -0.15) is 10.4 Å².